The summed E-state index contributed by atoms with van der Waals surface area (Å²) in [6.07, 6.45) is 2.01. The molecule has 0 aliphatic rings. The Hall–Kier alpha value is -1.29. The molecule has 3 nitrogen and oxygen atoms in total. The molecule has 0 radical (unpaired) electrons. The van der Waals surface area contributed by atoms with Crippen molar-refractivity contribution in [2.45, 2.75) is 33.4 Å². The van der Waals surface area contributed by atoms with Gasteiger partial charge in [-0.15, -0.1) is 11.3 Å². The molecule has 0 fully saturated rings. The van der Waals surface area contributed by atoms with Gasteiger partial charge in [0.15, 0.2) is 0 Å². The maximum Gasteiger partial charge on any atom is 0.148 e. The van der Waals surface area contributed by atoms with Crippen LogP contribution in [0.5, 0.6) is 0 Å². The first kappa shape index (κ1) is 12.2. The third kappa shape index (κ3) is 2.88. The lowest BCUT2D eigenvalue weighted by atomic mass is 10.0. The topological polar surface area (TPSA) is 29.9 Å². The van der Waals surface area contributed by atoms with E-state index in [4.69, 9.17) is 0 Å². The zero-order chi connectivity index (χ0) is 12.3. The van der Waals surface area contributed by atoms with Crippen LogP contribution in [-0.2, 0) is 6.54 Å². The zero-order valence-corrected chi connectivity index (χ0v) is 11.4. The smallest absolute Gasteiger partial charge is 0.148 e. The van der Waals surface area contributed by atoms with Crippen LogP contribution in [0, 0.1) is 5.92 Å². The number of hydrogen-bond donors (Lipinski definition) is 1. The van der Waals surface area contributed by atoms with Crippen LogP contribution in [0.15, 0.2) is 29.8 Å². The van der Waals surface area contributed by atoms with Gasteiger partial charge in [0.1, 0.15) is 5.82 Å². The molecular weight excluding hydrogens is 230 g/mol. The predicted octanol–water partition coefficient (Wildman–Crippen LogP) is 3.77. The maximum atomic E-state index is 4.47. The normalized spacial score (nSPS) is 12.9. The summed E-state index contributed by atoms with van der Waals surface area (Å²) in [5.74, 6) is 1.50. The van der Waals surface area contributed by atoms with Crippen molar-refractivity contribution in [3.63, 3.8) is 0 Å². The van der Waals surface area contributed by atoms with Crippen molar-refractivity contribution in [3.05, 3.63) is 34.7 Å². The van der Waals surface area contributed by atoms with E-state index in [1.165, 1.54) is 4.88 Å². The lowest BCUT2D eigenvalue weighted by Gasteiger charge is -2.20. The molecule has 2 rings (SSSR count). The Morgan fingerprint density at radius 1 is 1.41 bits per heavy atom. The Morgan fingerprint density at radius 2 is 2.24 bits per heavy atom. The first-order valence-corrected chi connectivity index (χ1v) is 6.92. The van der Waals surface area contributed by atoms with Crippen molar-refractivity contribution in [1.82, 2.24) is 9.78 Å². The van der Waals surface area contributed by atoms with Crippen molar-refractivity contribution in [3.8, 4) is 0 Å². The van der Waals surface area contributed by atoms with E-state index in [2.05, 4.69) is 48.7 Å². The van der Waals surface area contributed by atoms with E-state index in [-0.39, 0.29) is 0 Å². The van der Waals surface area contributed by atoms with Crippen LogP contribution in [0.3, 0.4) is 0 Å². The lowest BCUT2D eigenvalue weighted by Crippen LogP contribution is -2.16. The minimum Gasteiger partial charge on any atom is -0.361 e. The lowest BCUT2D eigenvalue weighted by molar-refractivity contribution is 0.549. The quantitative estimate of drug-likeness (QED) is 0.874. The number of aromatic nitrogens is 2. The second kappa shape index (κ2) is 5.36. The van der Waals surface area contributed by atoms with Crippen molar-refractivity contribution in [2.75, 3.05) is 5.32 Å². The summed E-state index contributed by atoms with van der Waals surface area (Å²) < 4.78 is 1.94. The number of thiophene rings is 1. The third-order valence-corrected chi connectivity index (χ3v) is 3.74. The largest absolute Gasteiger partial charge is 0.361 e. The van der Waals surface area contributed by atoms with Crippen LogP contribution in [0.25, 0.3) is 0 Å². The van der Waals surface area contributed by atoms with Gasteiger partial charge < -0.3 is 5.32 Å². The summed E-state index contributed by atoms with van der Waals surface area (Å²) in [7, 11) is 0. The number of nitrogens with one attached hydrogen (secondary N) is 1. The zero-order valence-electron chi connectivity index (χ0n) is 10.6. The molecule has 1 atom stereocenters. The molecule has 2 aromatic rings. The molecule has 1 N–H and O–H groups in total. The van der Waals surface area contributed by atoms with Gasteiger partial charge in [-0.25, -0.2) is 0 Å². The number of anilines is 1. The van der Waals surface area contributed by atoms with Crippen LogP contribution in [-0.4, -0.2) is 9.78 Å². The molecule has 2 aromatic heterocycles. The fourth-order valence-corrected chi connectivity index (χ4v) is 2.76. The molecule has 0 saturated carbocycles. The molecule has 2 heterocycles. The highest BCUT2D eigenvalue weighted by Gasteiger charge is 2.17. The summed E-state index contributed by atoms with van der Waals surface area (Å²) in [5, 5.41) is 10.1. The number of aryl methyl sites for hydroxylation is 1. The van der Waals surface area contributed by atoms with Gasteiger partial charge in [0.2, 0.25) is 0 Å². The van der Waals surface area contributed by atoms with Crippen LogP contribution in [0.2, 0.25) is 0 Å². The van der Waals surface area contributed by atoms with Crippen molar-refractivity contribution in [1.29, 1.82) is 0 Å². The monoisotopic (exact) mass is 249 g/mol. The highest BCUT2D eigenvalue weighted by atomic mass is 32.1. The predicted molar refractivity (Wildman–Crippen MR) is 73.4 cm³/mol. The molecule has 4 heteroatoms. The average Bonchev–Trinajstić information content (AvgIpc) is 2.96. The highest BCUT2D eigenvalue weighted by molar-refractivity contribution is 7.10. The minimum atomic E-state index is 0.343. The summed E-state index contributed by atoms with van der Waals surface area (Å²) in [4.78, 5) is 1.37. The van der Waals surface area contributed by atoms with E-state index < -0.39 is 0 Å². The molecule has 1 unspecified atom stereocenters. The van der Waals surface area contributed by atoms with Crippen LogP contribution >= 0.6 is 11.3 Å². The van der Waals surface area contributed by atoms with E-state index >= 15 is 0 Å². The first-order valence-electron chi connectivity index (χ1n) is 6.04. The Bertz CT molecular complexity index is 445. The molecule has 0 aliphatic carbocycles. The van der Waals surface area contributed by atoms with Gasteiger partial charge in [0.05, 0.1) is 6.04 Å². The van der Waals surface area contributed by atoms with Gasteiger partial charge in [-0.1, -0.05) is 19.9 Å². The van der Waals surface area contributed by atoms with E-state index in [0.717, 1.165) is 12.4 Å². The number of rotatable bonds is 5. The van der Waals surface area contributed by atoms with Gasteiger partial charge in [0.25, 0.3) is 0 Å². The summed E-state index contributed by atoms with van der Waals surface area (Å²) in [5.41, 5.74) is 0. The van der Waals surface area contributed by atoms with Gasteiger partial charge in [-0.2, -0.15) is 5.10 Å². The van der Waals surface area contributed by atoms with Crippen LogP contribution in [0.1, 0.15) is 31.7 Å². The van der Waals surface area contributed by atoms with E-state index in [9.17, 15) is 0 Å². The van der Waals surface area contributed by atoms with Gasteiger partial charge in [0, 0.05) is 23.7 Å². The fraction of sp³-hybridized carbons (Fsp3) is 0.462. The Balaban J connectivity index is 2.13. The number of hydrogen-bond acceptors (Lipinski definition) is 3. The fourth-order valence-electron chi connectivity index (χ4n) is 1.81. The summed E-state index contributed by atoms with van der Waals surface area (Å²) in [6.45, 7) is 7.46. The number of nitrogens with zero attached hydrogens (tertiary/aromatic N) is 2. The molecule has 17 heavy (non-hydrogen) atoms. The summed E-state index contributed by atoms with van der Waals surface area (Å²) >= 11 is 1.79. The average molecular weight is 249 g/mol. The van der Waals surface area contributed by atoms with Crippen molar-refractivity contribution in [2.24, 2.45) is 5.92 Å². The highest BCUT2D eigenvalue weighted by Crippen LogP contribution is 2.28. The Morgan fingerprint density at radius 3 is 2.76 bits per heavy atom. The second-order valence-corrected chi connectivity index (χ2v) is 5.42. The minimum absolute atomic E-state index is 0.343. The van der Waals surface area contributed by atoms with Crippen LogP contribution < -0.4 is 5.32 Å². The third-order valence-electron chi connectivity index (χ3n) is 2.78. The molecular formula is C13H19N3S. The van der Waals surface area contributed by atoms with E-state index in [1.54, 1.807) is 11.3 Å². The molecule has 0 aromatic carbocycles. The summed E-state index contributed by atoms with van der Waals surface area (Å²) in [6, 6.07) is 6.66. The van der Waals surface area contributed by atoms with E-state index in [1.807, 2.05) is 16.9 Å². The molecule has 0 bridgehead atoms. The van der Waals surface area contributed by atoms with Gasteiger partial charge >= 0.3 is 0 Å². The second-order valence-electron chi connectivity index (χ2n) is 4.44. The van der Waals surface area contributed by atoms with E-state index in [0.29, 0.717) is 12.0 Å². The van der Waals surface area contributed by atoms with Gasteiger partial charge in [-0.3, -0.25) is 4.68 Å². The maximum absolute atomic E-state index is 4.47. The first-order chi connectivity index (χ1) is 8.20. The molecule has 0 spiro atoms. The van der Waals surface area contributed by atoms with Crippen molar-refractivity contribution >= 4 is 17.2 Å². The van der Waals surface area contributed by atoms with Crippen molar-refractivity contribution < 1.29 is 0 Å². The van der Waals surface area contributed by atoms with Gasteiger partial charge in [-0.05, 0) is 24.3 Å². The Kier molecular flexibility index (Phi) is 3.84. The molecule has 0 amide bonds. The SMILES string of the molecule is CCn1ccc(NC(c2cccs2)C(C)C)n1. The Labute approximate surface area is 106 Å². The molecule has 92 valence electrons. The molecule has 0 saturated heterocycles. The molecule has 0 aliphatic heterocycles. The van der Waals surface area contributed by atoms with Crippen LogP contribution in [0.4, 0.5) is 5.82 Å². The standard InChI is InChI=1S/C13H19N3S/c1-4-16-8-7-12(15-16)14-13(10(2)3)11-6-5-9-17-11/h5-10,13H,4H2,1-3H3,(H,14,15).